The van der Waals surface area contributed by atoms with Crippen LogP contribution < -0.4 is 16.0 Å². The first-order valence-electron chi connectivity index (χ1n) is 8.49. The van der Waals surface area contributed by atoms with Crippen molar-refractivity contribution in [2.75, 3.05) is 19.6 Å². The Balaban J connectivity index is 0.00000441. The molecule has 22 heavy (non-hydrogen) atoms. The van der Waals surface area contributed by atoms with Crippen LogP contribution in [0.1, 0.15) is 59.3 Å². The molecule has 0 aliphatic heterocycles. The molecule has 0 aromatic heterocycles. The van der Waals surface area contributed by atoms with Crippen molar-refractivity contribution < 1.29 is 4.79 Å². The van der Waals surface area contributed by atoms with E-state index >= 15 is 0 Å². The summed E-state index contributed by atoms with van der Waals surface area (Å²) < 4.78 is 0. The number of guanidine groups is 1. The van der Waals surface area contributed by atoms with Crippen LogP contribution in [0.3, 0.4) is 0 Å². The largest absolute Gasteiger partial charge is 0.357 e. The van der Waals surface area contributed by atoms with Gasteiger partial charge in [0, 0.05) is 25.0 Å². The summed E-state index contributed by atoms with van der Waals surface area (Å²) >= 11 is 0. The molecule has 0 aromatic rings. The smallest absolute Gasteiger partial charge is 0.223 e. The van der Waals surface area contributed by atoms with Crippen LogP contribution >= 0.6 is 24.0 Å². The number of carbonyl (C=O) groups excluding carboxylic acids is 1. The van der Waals surface area contributed by atoms with Crippen LogP contribution in [-0.4, -0.2) is 37.5 Å². The molecular weight excluding hydrogens is 391 g/mol. The van der Waals surface area contributed by atoms with Gasteiger partial charge < -0.3 is 16.0 Å². The molecule has 1 saturated carbocycles. The molecule has 1 atom stereocenters. The number of nitrogens with zero attached hydrogens (tertiary/aromatic N) is 1. The van der Waals surface area contributed by atoms with Crippen LogP contribution in [0.5, 0.6) is 0 Å². The number of amides is 1. The molecule has 6 heteroatoms. The van der Waals surface area contributed by atoms with Gasteiger partial charge in [-0.15, -0.1) is 24.0 Å². The van der Waals surface area contributed by atoms with E-state index in [1.54, 1.807) is 0 Å². The predicted octanol–water partition coefficient (Wildman–Crippen LogP) is 2.65. The Labute approximate surface area is 152 Å². The van der Waals surface area contributed by atoms with Crippen LogP contribution in [-0.2, 0) is 4.79 Å². The normalized spacial score (nSPS) is 17.3. The second-order valence-corrected chi connectivity index (χ2v) is 5.84. The van der Waals surface area contributed by atoms with E-state index in [1.807, 2.05) is 0 Å². The third kappa shape index (κ3) is 8.80. The molecule has 1 unspecified atom stereocenters. The highest BCUT2D eigenvalue weighted by atomic mass is 127. The Hall–Kier alpha value is -0.530. The minimum absolute atomic E-state index is 0. The quantitative estimate of drug-likeness (QED) is 0.255. The molecule has 1 aliphatic rings. The zero-order valence-electron chi connectivity index (χ0n) is 14.3. The lowest BCUT2D eigenvalue weighted by atomic mass is 9.89. The highest BCUT2D eigenvalue weighted by Crippen LogP contribution is 2.23. The first-order chi connectivity index (χ1) is 10.2. The average molecular weight is 424 g/mol. The van der Waals surface area contributed by atoms with Gasteiger partial charge in [0.25, 0.3) is 0 Å². The van der Waals surface area contributed by atoms with Crippen molar-refractivity contribution in [3.8, 4) is 0 Å². The van der Waals surface area contributed by atoms with Gasteiger partial charge in [0.1, 0.15) is 0 Å². The maximum atomic E-state index is 12.0. The number of aliphatic imine (C=N–C) groups is 1. The second kappa shape index (κ2) is 13.0. The highest BCUT2D eigenvalue weighted by molar-refractivity contribution is 14.0. The van der Waals surface area contributed by atoms with E-state index < -0.39 is 0 Å². The van der Waals surface area contributed by atoms with E-state index in [-0.39, 0.29) is 35.8 Å². The number of nitrogens with one attached hydrogen (secondary N) is 3. The first kappa shape index (κ1) is 21.5. The van der Waals surface area contributed by atoms with Gasteiger partial charge in [-0.25, -0.2) is 0 Å². The van der Waals surface area contributed by atoms with Crippen molar-refractivity contribution in [3.63, 3.8) is 0 Å². The molecule has 1 fully saturated rings. The Morgan fingerprint density at radius 3 is 2.45 bits per heavy atom. The third-order valence-electron chi connectivity index (χ3n) is 4.00. The summed E-state index contributed by atoms with van der Waals surface area (Å²) in [4.78, 5) is 16.5. The monoisotopic (exact) mass is 424 g/mol. The number of rotatable bonds is 7. The molecule has 0 aromatic carbocycles. The maximum absolute atomic E-state index is 12.0. The predicted molar refractivity (Wildman–Crippen MR) is 104 cm³/mol. The molecule has 0 spiro atoms. The Morgan fingerprint density at radius 2 is 1.86 bits per heavy atom. The molecule has 1 amide bonds. The number of hydrogen-bond acceptors (Lipinski definition) is 2. The van der Waals surface area contributed by atoms with Crippen molar-refractivity contribution in [2.45, 2.75) is 65.3 Å². The summed E-state index contributed by atoms with van der Waals surface area (Å²) in [6.07, 6.45) is 6.82. The van der Waals surface area contributed by atoms with Gasteiger partial charge in [0.15, 0.2) is 5.96 Å². The van der Waals surface area contributed by atoms with Crippen molar-refractivity contribution in [3.05, 3.63) is 0 Å². The van der Waals surface area contributed by atoms with Crippen molar-refractivity contribution in [1.29, 1.82) is 0 Å². The van der Waals surface area contributed by atoms with Gasteiger partial charge in [0.05, 0.1) is 6.54 Å². The summed E-state index contributed by atoms with van der Waals surface area (Å²) in [7, 11) is 0. The standard InChI is InChI=1S/C16H32N4O.HI/c1-4-13(3)20-16(17-5-2)19-12-11-18-15(21)14-9-7-6-8-10-14;/h13-14H,4-12H2,1-3H3,(H,18,21)(H2,17,19,20);1H. The van der Waals surface area contributed by atoms with E-state index in [2.05, 4.69) is 41.7 Å². The van der Waals surface area contributed by atoms with Gasteiger partial charge >= 0.3 is 0 Å². The molecule has 0 radical (unpaired) electrons. The topological polar surface area (TPSA) is 65.5 Å². The molecule has 0 heterocycles. The van der Waals surface area contributed by atoms with Crippen molar-refractivity contribution in [1.82, 2.24) is 16.0 Å². The lowest BCUT2D eigenvalue weighted by molar-refractivity contribution is -0.125. The average Bonchev–Trinajstić information content (AvgIpc) is 2.52. The van der Waals surface area contributed by atoms with Gasteiger partial charge in [0.2, 0.25) is 5.91 Å². The SMILES string of the molecule is CCNC(=NCCNC(=O)C1CCCCC1)NC(C)CC.I. The minimum Gasteiger partial charge on any atom is -0.357 e. The fourth-order valence-corrected chi connectivity index (χ4v) is 2.51. The third-order valence-corrected chi connectivity index (χ3v) is 4.00. The van der Waals surface area contributed by atoms with Crippen molar-refractivity contribution >= 4 is 35.8 Å². The van der Waals surface area contributed by atoms with E-state index in [0.717, 1.165) is 31.8 Å². The Bertz CT molecular complexity index is 330. The Morgan fingerprint density at radius 1 is 1.18 bits per heavy atom. The second-order valence-electron chi connectivity index (χ2n) is 5.84. The molecule has 1 rings (SSSR count). The molecule has 1 aliphatic carbocycles. The van der Waals surface area contributed by atoms with Crippen LogP contribution in [0.15, 0.2) is 4.99 Å². The molecule has 0 saturated heterocycles. The van der Waals surface area contributed by atoms with Crippen molar-refractivity contribution in [2.24, 2.45) is 10.9 Å². The number of carbonyl (C=O) groups is 1. The molecule has 130 valence electrons. The minimum atomic E-state index is 0. The molecule has 3 N–H and O–H groups in total. The molecule has 0 bridgehead atoms. The maximum Gasteiger partial charge on any atom is 0.223 e. The van der Waals surface area contributed by atoms with Crippen LogP contribution in [0, 0.1) is 5.92 Å². The Kier molecular flexibility index (Phi) is 12.6. The number of halogens is 1. The lowest BCUT2D eigenvalue weighted by Crippen LogP contribution is -2.42. The first-order valence-corrected chi connectivity index (χ1v) is 8.49. The van der Waals surface area contributed by atoms with E-state index in [4.69, 9.17) is 0 Å². The summed E-state index contributed by atoms with van der Waals surface area (Å²) in [5, 5.41) is 9.59. The van der Waals surface area contributed by atoms with Crippen LogP contribution in [0.4, 0.5) is 0 Å². The fraction of sp³-hybridized carbons (Fsp3) is 0.875. The van der Waals surface area contributed by atoms with Crippen LogP contribution in [0.25, 0.3) is 0 Å². The summed E-state index contributed by atoms with van der Waals surface area (Å²) in [6.45, 7) is 8.41. The van der Waals surface area contributed by atoms with Gasteiger partial charge in [-0.05, 0) is 33.1 Å². The van der Waals surface area contributed by atoms with Gasteiger partial charge in [-0.2, -0.15) is 0 Å². The van der Waals surface area contributed by atoms with E-state index in [1.165, 1.54) is 19.3 Å². The zero-order chi connectivity index (χ0) is 15.5. The molecular formula is C16H33IN4O. The zero-order valence-corrected chi connectivity index (χ0v) is 16.6. The molecule has 5 nitrogen and oxygen atoms in total. The van der Waals surface area contributed by atoms with Crippen LogP contribution in [0.2, 0.25) is 0 Å². The fourth-order valence-electron chi connectivity index (χ4n) is 2.51. The van der Waals surface area contributed by atoms with Gasteiger partial charge in [-0.3, -0.25) is 9.79 Å². The summed E-state index contributed by atoms with van der Waals surface area (Å²) in [5.41, 5.74) is 0. The van der Waals surface area contributed by atoms with E-state index in [0.29, 0.717) is 19.1 Å². The summed E-state index contributed by atoms with van der Waals surface area (Å²) in [5.74, 6) is 1.28. The van der Waals surface area contributed by atoms with Gasteiger partial charge in [-0.1, -0.05) is 26.2 Å². The van der Waals surface area contributed by atoms with E-state index in [9.17, 15) is 4.79 Å². The number of hydrogen-bond donors (Lipinski definition) is 3. The lowest BCUT2D eigenvalue weighted by Gasteiger charge is -2.20. The highest BCUT2D eigenvalue weighted by Gasteiger charge is 2.20. The summed E-state index contributed by atoms with van der Waals surface area (Å²) in [6, 6.07) is 0.402.